The highest BCUT2D eigenvalue weighted by Gasteiger charge is 2.31. The highest BCUT2D eigenvalue weighted by molar-refractivity contribution is 8.13. The fourth-order valence-electron chi connectivity index (χ4n) is 2.53. The SMILES string of the molecule is CCOC(=O)c1ccc(N2C(=O)C(=Cc3ccccc3)N=C2SC)cc1. The molecule has 0 atom stereocenters. The van der Waals surface area contributed by atoms with Crippen molar-refractivity contribution in [3.63, 3.8) is 0 Å². The van der Waals surface area contributed by atoms with Gasteiger partial charge in [-0.3, -0.25) is 9.69 Å². The molecule has 1 heterocycles. The van der Waals surface area contributed by atoms with Crippen molar-refractivity contribution in [2.45, 2.75) is 6.92 Å². The highest BCUT2D eigenvalue weighted by atomic mass is 32.2. The van der Waals surface area contributed by atoms with E-state index in [0.29, 0.717) is 28.7 Å². The Bertz CT molecular complexity index is 874. The normalized spacial score (nSPS) is 15.3. The second kappa shape index (κ2) is 8.01. The van der Waals surface area contributed by atoms with Crippen LogP contribution in [0.2, 0.25) is 0 Å². The van der Waals surface area contributed by atoms with Crippen molar-refractivity contribution in [3.05, 3.63) is 71.4 Å². The standard InChI is InChI=1S/C20H18N2O3S/c1-3-25-19(24)15-9-11-16(12-10-15)22-18(23)17(21-20(22)26-2)13-14-7-5-4-6-8-14/h4-13H,3H2,1-2H3. The van der Waals surface area contributed by atoms with Crippen LogP contribution in [-0.2, 0) is 9.53 Å². The van der Waals surface area contributed by atoms with Gasteiger partial charge in [-0.25, -0.2) is 9.79 Å². The minimum Gasteiger partial charge on any atom is -0.462 e. The molecule has 1 amide bonds. The third kappa shape index (κ3) is 3.70. The van der Waals surface area contributed by atoms with Gasteiger partial charge in [0.1, 0.15) is 5.70 Å². The van der Waals surface area contributed by atoms with Gasteiger partial charge in [0.15, 0.2) is 5.17 Å². The molecule has 132 valence electrons. The van der Waals surface area contributed by atoms with Crippen LogP contribution < -0.4 is 4.90 Å². The molecular weight excluding hydrogens is 348 g/mol. The van der Waals surface area contributed by atoms with Crippen molar-refractivity contribution in [1.29, 1.82) is 0 Å². The Morgan fingerprint density at radius 3 is 2.46 bits per heavy atom. The molecule has 0 radical (unpaired) electrons. The number of carbonyl (C=O) groups excluding carboxylic acids is 2. The summed E-state index contributed by atoms with van der Waals surface area (Å²) in [4.78, 5) is 30.6. The highest BCUT2D eigenvalue weighted by Crippen LogP contribution is 2.28. The van der Waals surface area contributed by atoms with E-state index >= 15 is 0 Å². The third-order valence-electron chi connectivity index (χ3n) is 3.75. The van der Waals surface area contributed by atoms with E-state index in [0.717, 1.165) is 5.56 Å². The van der Waals surface area contributed by atoms with E-state index < -0.39 is 0 Å². The molecule has 0 N–H and O–H groups in total. The van der Waals surface area contributed by atoms with Crippen molar-refractivity contribution in [1.82, 2.24) is 0 Å². The molecule has 0 saturated heterocycles. The maximum Gasteiger partial charge on any atom is 0.338 e. The molecule has 2 aromatic rings. The Labute approximate surface area is 156 Å². The van der Waals surface area contributed by atoms with Gasteiger partial charge in [-0.05, 0) is 49.1 Å². The average Bonchev–Trinajstić information content (AvgIpc) is 2.98. The van der Waals surface area contributed by atoms with Crippen molar-refractivity contribution in [2.24, 2.45) is 4.99 Å². The lowest BCUT2D eigenvalue weighted by molar-refractivity contribution is -0.113. The number of amides is 1. The molecule has 2 aromatic carbocycles. The lowest BCUT2D eigenvalue weighted by Crippen LogP contribution is -2.30. The number of carbonyl (C=O) groups is 2. The van der Waals surface area contributed by atoms with Crippen LogP contribution in [-0.4, -0.2) is 29.9 Å². The number of hydrogen-bond donors (Lipinski definition) is 0. The van der Waals surface area contributed by atoms with E-state index in [1.54, 1.807) is 42.2 Å². The molecule has 26 heavy (non-hydrogen) atoms. The molecule has 0 aromatic heterocycles. The summed E-state index contributed by atoms with van der Waals surface area (Å²) in [5.74, 6) is -0.572. The number of hydrogen-bond acceptors (Lipinski definition) is 5. The summed E-state index contributed by atoms with van der Waals surface area (Å²) >= 11 is 1.39. The Morgan fingerprint density at radius 1 is 1.15 bits per heavy atom. The Balaban J connectivity index is 1.88. The van der Waals surface area contributed by atoms with Gasteiger partial charge in [0.05, 0.1) is 17.9 Å². The number of ether oxygens (including phenoxy) is 1. The zero-order valence-electron chi connectivity index (χ0n) is 14.5. The summed E-state index contributed by atoms with van der Waals surface area (Å²) in [7, 11) is 0. The van der Waals surface area contributed by atoms with E-state index in [1.807, 2.05) is 36.6 Å². The Kier molecular flexibility index (Phi) is 5.53. The second-order valence-corrected chi connectivity index (χ2v) is 6.22. The number of benzene rings is 2. The minimum atomic E-state index is -0.379. The van der Waals surface area contributed by atoms with Crippen LogP contribution in [0, 0.1) is 0 Å². The van der Waals surface area contributed by atoms with Crippen LogP contribution in [0.15, 0.2) is 65.3 Å². The van der Waals surface area contributed by atoms with Crippen LogP contribution >= 0.6 is 11.8 Å². The molecule has 3 rings (SSSR count). The molecule has 0 saturated carbocycles. The van der Waals surface area contributed by atoms with Crippen LogP contribution in [0.1, 0.15) is 22.8 Å². The van der Waals surface area contributed by atoms with Crippen LogP contribution in [0.25, 0.3) is 6.08 Å². The molecular formula is C20H18N2O3S. The molecule has 0 aliphatic carbocycles. The first-order valence-corrected chi connectivity index (χ1v) is 9.37. The monoisotopic (exact) mass is 366 g/mol. The molecule has 0 bridgehead atoms. The largest absolute Gasteiger partial charge is 0.462 e. The molecule has 5 nitrogen and oxygen atoms in total. The minimum absolute atomic E-state index is 0.193. The summed E-state index contributed by atoms with van der Waals surface area (Å²) in [6.45, 7) is 2.08. The number of anilines is 1. The molecule has 1 aliphatic heterocycles. The lowest BCUT2D eigenvalue weighted by atomic mass is 10.1. The first-order chi connectivity index (χ1) is 12.6. The van der Waals surface area contributed by atoms with Crippen LogP contribution in [0.4, 0.5) is 5.69 Å². The predicted molar refractivity (Wildman–Crippen MR) is 105 cm³/mol. The number of esters is 1. The van der Waals surface area contributed by atoms with E-state index in [-0.39, 0.29) is 11.9 Å². The molecule has 6 heteroatoms. The fraction of sp³-hybridized carbons (Fsp3) is 0.150. The number of rotatable bonds is 4. The van der Waals surface area contributed by atoms with E-state index in [9.17, 15) is 9.59 Å². The zero-order valence-corrected chi connectivity index (χ0v) is 15.3. The Morgan fingerprint density at radius 2 is 1.85 bits per heavy atom. The van der Waals surface area contributed by atoms with Gasteiger partial charge >= 0.3 is 5.97 Å². The summed E-state index contributed by atoms with van der Waals surface area (Å²) in [5, 5.41) is 0.598. The third-order valence-corrected chi connectivity index (χ3v) is 4.39. The number of thioether (sulfide) groups is 1. The topological polar surface area (TPSA) is 59.0 Å². The number of amidine groups is 1. The smallest absolute Gasteiger partial charge is 0.338 e. The average molecular weight is 366 g/mol. The van der Waals surface area contributed by atoms with E-state index in [4.69, 9.17) is 4.74 Å². The van der Waals surface area contributed by atoms with Crippen molar-refractivity contribution >= 4 is 40.6 Å². The lowest BCUT2D eigenvalue weighted by Gasteiger charge is -2.17. The zero-order chi connectivity index (χ0) is 18.5. The van der Waals surface area contributed by atoms with Gasteiger partial charge in [-0.2, -0.15) is 0 Å². The molecule has 1 aliphatic rings. The maximum atomic E-state index is 12.8. The van der Waals surface area contributed by atoms with Gasteiger partial charge < -0.3 is 4.74 Å². The van der Waals surface area contributed by atoms with Gasteiger partial charge in [-0.15, -0.1) is 0 Å². The van der Waals surface area contributed by atoms with Crippen LogP contribution in [0.5, 0.6) is 0 Å². The summed E-state index contributed by atoms with van der Waals surface area (Å²) in [5.41, 5.74) is 2.41. The molecule has 0 fully saturated rings. The Hall–Kier alpha value is -2.86. The van der Waals surface area contributed by atoms with Gasteiger partial charge in [0, 0.05) is 0 Å². The fourth-order valence-corrected chi connectivity index (χ4v) is 3.09. The number of nitrogens with zero attached hydrogens (tertiary/aromatic N) is 2. The van der Waals surface area contributed by atoms with Gasteiger partial charge in [0.25, 0.3) is 5.91 Å². The quantitative estimate of drug-likeness (QED) is 0.607. The molecule has 0 spiro atoms. The first-order valence-electron chi connectivity index (χ1n) is 8.15. The van der Waals surface area contributed by atoms with Crippen molar-refractivity contribution in [2.75, 3.05) is 17.8 Å². The number of aliphatic imine (C=N–C) groups is 1. The summed E-state index contributed by atoms with van der Waals surface area (Å²) in [6.07, 6.45) is 3.64. The van der Waals surface area contributed by atoms with Crippen molar-refractivity contribution in [3.8, 4) is 0 Å². The van der Waals surface area contributed by atoms with Crippen molar-refractivity contribution < 1.29 is 14.3 Å². The maximum absolute atomic E-state index is 12.8. The van der Waals surface area contributed by atoms with E-state index in [2.05, 4.69) is 4.99 Å². The summed E-state index contributed by atoms with van der Waals surface area (Å²) < 4.78 is 4.98. The second-order valence-electron chi connectivity index (χ2n) is 5.45. The predicted octanol–water partition coefficient (Wildman–Crippen LogP) is 3.97. The van der Waals surface area contributed by atoms with E-state index in [1.165, 1.54) is 11.8 Å². The van der Waals surface area contributed by atoms with Gasteiger partial charge in [-0.1, -0.05) is 42.1 Å². The molecule has 0 unspecified atom stereocenters. The van der Waals surface area contributed by atoms with Gasteiger partial charge in [0.2, 0.25) is 0 Å². The first kappa shape index (κ1) is 17.9. The summed E-state index contributed by atoms with van der Waals surface area (Å²) in [6, 6.07) is 16.3. The van der Waals surface area contributed by atoms with Crippen LogP contribution in [0.3, 0.4) is 0 Å².